The normalized spacial score (nSPS) is 14.2. The van der Waals surface area contributed by atoms with Crippen molar-refractivity contribution < 1.29 is 9.47 Å². The average molecular weight is 965 g/mol. The Bertz CT molecular complexity index is 4330. The van der Waals surface area contributed by atoms with Gasteiger partial charge in [-0.15, -0.1) is 0 Å². The molecule has 17 rings (SSSR count). The van der Waals surface area contributed by atoms with Crippen LogP contribution in [0.5, 0.6) is 23.0 Å². The fourth-order valence-electron chi connectivity index (χ4n) is 14.5. The fourth-order valence-corrected chi connectivity index (χ4v) is 14.5. The van der Waals surface area contributed by atoms with Crippen LogP contribution in [0.25, 0.3) is 88.0 Å². The minimum atomic E-state index is -0.582. The van der Waals surface area contributed by atoms with Crippen LogP contribution < -0.4 is 9.47 Å². The van der Waals surface area contributed by atoms with Crippen LogP contribution >= 0.6 is 0 Å². The molecule has 0 unspecified atom stereocenters. The highest BCUT2D eigenvalue weighted by Crippen LogP contribution is 2.66. The first-order valence-corrected chi connectivity index (χ1v) is 26.4. The van der Waals surface area contributed by atoms with Crippen molar-refractivity contribution in [2.24, 2.45) is 0 Å². The summed E-state index contributed by atoms with van der Waals surface area (Å²) in [6.07, 6.45) is 0. The van der Waals surface area contributed by atoms with Crippen molar-refractivity contribution in [1.29, 1.82) is 0 Å². The number of hydrogen-bond acceptors (Lipinski definition) is 2. The Morgan fingerprint density at radius 3 is 1.04 bits per heavy atom. The van der Waals surface area contributed by atoms with E-state index in [2.05, 4.69) is 267 Å². The zero-order valence-electron chi connectivity index (χ0n) is 41.2. The lowest BCUT2D eigenvalue weighted by Crippen LogP contribution is -2.32. The van der Waals surface area contributed by atoms with Gasteiger partial charge in [-0.2, -0.15) is 0 Å². The molecular weight excluding hydrogens is 921 g/mol. The summed E-state index contributed by atoms with van der Waals surface area (Å²) in [6.45, 7) is 0. The topological polar surface area (TPSA) is 18.5 Å². The Kier molecular flexibility index (Phi) is 8.44. The molecule has 2 spiro atoms. The predicted molar refractivity (Wildman–Crippen MR) is 310 cm³/mol. The van der Waals surface area contributed by atoms with Crippen molar-refractivity contribution in [2.75, 3.05) is 0 Å². The van der Waals surface area contributed by atoms with Crippen LogP contribution in [0.3, 0.4) is 0 Å². The van der Waals surface area contributed by atoms with Crippen molar-refractivity contribution in [3.63, 3.8) is 0 Å². The monoisotopic (exact) mass is 964 g/mol. The summed E-state index contributed by atoms with van der Waals surface area (Å²) in [7, 11) is 0. The summed E-state index contributed by atoms with van der Waals surface area (Å²) in [5.74, 6) is 3.57. The van der Waals surface area contributed by atoms with Gasteiger partial charge < -0.3 is 9.47 Å². The minimum absolute atomic E-state index is 0.582. The maximum Gasteiger partial charge on any atom is 0.132 e. The second-order valence-electron chi connectivity index (χ2n) is 20.9. The van der Waals surface area contributed by atoms with Gasteiger partial charge in [0, 0.05) is 22.3 Å². The van der Waals surface area contributed by atoms with Crippen molar-refractivity contribution in [1.82, 2.24) is 0 Å². The predicted octanol–water partition coefficient (Wildman–Crippen LogP) is 19.1. The van der Waals surface area contributed by atoms with Crippen molar-refractivity contribution in [3.05, 3.63) is 311 Å². The number of fused-ring (bicyclic) bond motifs is 21. The third-order valence-corrected chi connectivity index (χ3v) is 17.4. The highest BCUT2D eigenvalue weighted by molar-refractivity contribution is 6.21. The molecule has 0 radical (unpaired) electrons. The quantitative estimate of drug-likeness (QED) is 0.164. The SMILES string of the molecule is c1ccc2c(c1)Oc1ccccc1C21c2ccccc2-c2c(-c3cccc4c(-c5ccc6ccccc6c5)c5cccc(-c6cccc7c6-c6ccccc6C76c7ccccc7Oc7ccccc76)c5cc34)cccc21. The van der Waals surface area contributed by atoms with Gasteiger partial charge in [-0.25, -0.2) is 0 Å². The lowest BCUT2D eigenvalue weighted by Gasteiger charge is -2.39. The molecule has 352 valence electrons. The number of benzene rings is 13. The van der Waals surface area contributed by atoms with Crippen molar-refractivity contribution in [2.45, 2.75) is 10.8 Å². The van der Waals surface area contributed by atoms with Gasteiger partial charge in [-0.3, -0.25) is 0 Å². The summed E-state index contributed by atoms with van der Waals surface area (Å²) >= 11 is 0. The molecule has 0 aromatic heterocycles. The zero-order chi connectivity index (χ0) is 49.7. The standard InChI is InChI=1S/C74H44O2/c1-2-20-46-43-47(42-41-45(46)19-1)70-52-25-15-23-48(50-27-17-35-64-71(50)54-21-3-5-29-58(54)73(64)60-31-7-11-37-66(60)75-67-38-12-8-32-61(67)73)56(52)44-57-49(24-16-26-53(57)70)51-28-18-36-65-72(51)55-22-4-6-30-59(55)74(65)62-33-9-13-39-68(62)76-69-40-14-10-34-63(69)74/h1-44H. The summed E-state index contributed by atoms with van der Waals surface area (Å²) in [5.41, 5.74) is 20.8. The first-order valence-electron chi connectivity index (χ1n) is 26.4. The molecule has 2 aliphatic carbocycles. The van der Waals surface area contributed by atoms with E-state index in [-0.39, 0.29) is 0 Å². The van der Waals surface area contributed by atoms with Crippen LogP contribution in [0.2, 0.25) is 0 Å². The molecule has 0 bridgehead atoms. The zero-order valence-corrected chi connectivity index (χ0v) is 41.2. The number of ether oxygens (including phenoxy) is 2. The molecule has 2 heteroatoms. The molecule has 4 aliphatic rings. The van der Waals surface area contributed by atoms with E-state index in [0.29, 0.717) is 0 Å². The lowest BCUT2D eigenvalue weighted by atomic mass is 9.66. The van der Waals surface area contributed by atoms with Crippen LogP contribution in [0, 0.1) is 0 Å². The Morgan fingerprint density at radius 1 is 0.211 bits per heavy atom. The first-order chi connectivity index (χ1) is 37.7. The summed E-state index contributed by atoms with van der Waals surface area (Å²) in [6, 6.07) is 99.0. The van der Waals surface area contributed by atoms with E-state index < -0.39 is 10.8 Å². The van der Waals surface area contributed by atoms with Gasteiger partial charge in [0.25, 0.3) is 0 Å². The van der Waals surface area contributed by atoms with Crippen LogP contribution in [-0.4, -0.2) is 0 Å². The van der Waals surface area contributed by atoms with Crippen LogP contribution in [0.15, 0.2) is 267 Å². The molecule has 2 heterocycles. The highest BCUT2D eigenvalue weighted by Gasteiger charge is 2.53. The Balaban J connectivity index is 0.977. The molecule has 0 N–H and O–H groups in total. The van der Waals surface area contributed by atoms with E-state index in [0.717, 1.165) is 45.3 Å². The third kappa shape index (κ3) is 5.30. The number of para-hydroxylation sites is 4. The van der Waals surface area contributed by atoms with E-state index in [9.17, 15) is 0 Å². The largest absolute Gasteiger partial charge is 0.457 e. The van der Waals surface area contributed by atoms with Gasteiger partial charge in [0.2, 0.25) is 0 Å². The molecule has 2 aliphatic heterocycles. The second kappa shape index (κ2) is 15.4. The van der Waals surface area contributed by atoms with E-state index in [1.54, 1.807) is 0 Å². The number of rotatable bonds is 3. The van der Waals surface area contributed by atoms with Crippen LogP contribution in [0.4, 0.5) is 0 Å². The second-order valence-corrected chi connectivity index (χ2v) is 20.9. The van der Waals surface area contributed by atoms with E-state index >= 15 is 0 Å². The van der Waals surface area contributed by atoms with Crippen LogP contribution in [0.1, 0.15) is 44.5 Å². The fraction of sp³-hybridized carbons (Fsp3) is 0.0270. The molecule has 13 aromatic rings. The maximum atomic E-state index is 6.74. The molecule has 13 aromatic carbocycles. The molecular formula is C74H44O2. The molecule has 2 nitrogen and oxygen atoms in total. The molecule has 0 amide bonds. The number of hydrogen-bond donors (Lipinski definition) is 0. The Labute approximate surface area is 440 Å². The van der Waals surface area contributed by atoms with E-state index in [1.165, 1.54) is 110 Å². The first kappa shape index (κ1) is 41.7. The van der Waals surface area contributed by atoms with Crippen molar-refractivity contribution >= 4 is 32.3 Å². The molecule has 0 saturated carbocycles. The average Bonchev–Trinajstić information content (AvgIpc) is 3.99. The Hall–Kier alpha value is -9.76. The minimum Gasteiger partial charge on any atom is -0.457 e. The van der Waals surface area contributed by atoms with Gasteiger partial charge in [0.1, 0.15) is 23.0 Å². The molecule has 0 fully saturated rings. The molecule has 0 atom stereocenters. The van der Waals surface area contributed by atoms with Gasteiger partial charge in [0.05, 0.1) is 10.8 Å². The lowest BCUT2D eigenvalue weighted by molar-refractivity contribution is 0.436. The highest BCUT2D eigenvalue weighted by atomic mass is 16.5. The molecule has 76 heavy (non-hydrogen) atoms. The maximum absolute atomic E-state index is 6.74. The Morgan fingerprint density at radius 2 is 0.566 bits per heavy atom. The van der Waals surface area contributed by atoms with Gasteiger partial charge >= 0.3 is 0 Å². The summed E-state index contributed by atoms with van der Waals surface area (Å²) in [4.78, 5) is 0. The van der Waals surface area contributed by atoms with E-state index in [1.807, 2.05) is 0 Å². The van der Waals surface area contributed by atoms with Gasteiger partial charge in [-0.1, -0.05) is 231 Å². The van der Waals surface area contributed by atoms with Gasteiger partial charge in [-0.05, 0) is 147 Å². The van der Waals surface area contributed by atoms with Crippen LogP contribution in [-0.2, 0) is 10.8 Å². The third-order valence-electron chi connectivity index (χ3n) is 17.4. The van der Waals surface area contributed by atoms with Crippen molar-refractivity contribution in [3.8, 4) is 78.6 Å². The summed E-state index contributed by atoms with van der Waals surface area (Å²) in [5, 5.41) is 7.30. The smallest absolute Gasteiger partial charge is 0.132 e. The van der Waals surface area contributed by atoms with E-state index in [4.69, 9.17) is 9.47 Å². The molecule has 0 saturated heterocycles. The van der Waals surface area contributed by atoms with Gasteiger partial charge in [0.15, 0.2) is 0 Å². The summed E-state index contributed by atoms with van der Waals surface area (Å²) < 4.78 is 13.5.